The molecule has 1 N–H and O–H groups in total. The zero-order valence-electron chi connectivity index (χ0n) is 16.1. The molecule has 0 aliphatic heterocycles. The van der Waals surface area contributed by atoms with Crippen molar-refractivity contribution in [2.75, 3.05) is 0 Å². The van der Waals surface area contributed by atoms with Gasteiger partial charge in [-0.3, -0.25) is 0 Å². The highest BCUT2D eigenvalue weighted by molar-refractivity contribution is 5.61. The third-order valence-electron chi connectivity index (χ3n) is 9.75. The van der Waals surface area contributed by atoms with Crippen LogP contribution in [0.2, 0.25) is 0 Å². The van der Waals surface area contributed by atoms with E-state index in [9.17, 15) is 9.90 Å². The molecule has 5 aliphatic carbocycles. The van der Waals surface area contributed by atoms with Crippen LogP contribution in [0.5, 0.6) is 0 Å². The molecule has 0 amide bonds. The van der Waals surface area contributed by atoms with Crippen LogP contribution >= 0.6 is 0 Å². The zero-order chi connectivity index (χ0) is 17.8. The molecule has 10 unspecified atom stereocenters. The molecule has 0 heterocycles. The summed E-state index contributed by atoms with van der Waals surface area (Å²) < 4.78 is 0. The lowest BCUT2D eigenvalue weighted by molar-refractivity contribution is -0.218. The molecule has 0 aromatic heterocycles. The minimum absolute atomic E-state index is 0.0561. The summed E-state index contributed by atoms with van der Waals surface area (Å²) in [5, 5.41) is 11.9. The Kier molecular flexibility index (Phi) is 3.17. The third-order valence-corrected chi connectivity index (χ3v) is 9.75. The number of carbonyl (C=O) groups is 1. The highest BCUT2D eigenvalue weighted by Crippen LogP contribution is 2.76. The van der Waals surface area contributed by atoms with Crippen LogP contribution in [0.15, 0.2) is 12.2 Å². The van der Waals surface area contributed by atoms with Gasteiger partial charge >= 0.3 is 0 Å². The van der Waals surface area contributed by atoms with Crippen molar-refractivity contribution in [2.45, 2.75) is 71.3 Å². The molecule has 0 aromatic carbocycles. The van der Waals surface area contributed by atoms with E-state index < -0.39 is 5.60 Å². The highest BCUT2D eigenvalue weighted by atomic mass is 16.3. The number of hydrogen-bond donors (Lipinski definition) is 1. The monoisotopic (exact) mass is 342 g/mol. The molecule has 0 spiro atoms. The number of hydrogen-bond acceptors (Lipinski definition) is 2. The molecule has 25 heavy (non-hydrogen) atoms. The van der Waals surface area contributed by atoms with E-state index in [0.717, 1.165) is 25.7 Å². The lowest BCUT2D eigenvalue weighted by atomic mass is 9.42. The lowest BCUT2D eigenvalue weighted by Gasteiger charge is -2.64. The van der Waals surface area contributed by atoms with Gasteiger partial charge in [0.25, 0.3) is 0 Å². The first-order valence-electron chi connectivity index (χ1n) is 10.6. The topological polar surface area (TPSA) is 37.3 Å². The molecule has 2 heteroatoms. The first-order chi connectivity index (χ1) is 11.7. The highest BCUT2D eigenvalue weighted by Gasteiger charge is 2.74. The third kappa shape index (κ3) is 1.93. The maximum absolute atomic E-state index is 12.1. The Bertz CT molecular complexity index is 640. The fourth-order valence-electron chi connectivity index (χ4n) is 8.19. The predicted octanol–water partition coefficient (Wildman–Crippen LogP) is 4.62. The van der Waals surface area contributed by atoms with E-state index in [1.165, 1.54) is 31.1 Å². The average Bonchev–Trinajstić information content (AvgIpc) is 3.46. The standard InChI is InChI=1S/C23H34O2/c1-13-5-8-22(4)17-6-7-21(3,12-24)20(15-9-14(15)2)19(17)16-10-18(16)23(22,25)11-13/h12-13,15-20,25H,2,5-11H2,1,3-4H3. The second kappa shape index (κ2) is 4.80. The fourth-order valence-corrected chi connectivity index (χ4v) is 8.19. The minimum atomic E-state index is -0.448. The van der Waals surface area contributed by atoms with Crippen LogP contribution in [-0.2, 0) is 4.79 Å². The van der Waals surface area contributed by atoms with Gasteiger partial charge in [-0.2, -0.15) is 0 Å². The summed E-state index contributed by atoms with van der Waals surface area (Å²) in [5.41, 5.74) is 0.808. The first-order valence-corrected chi connectivity index (χ1v) is 10.6. The van der Waals surface area contributed by atoms with E-state index >= 15 is 0 Å². The molecule has 5 saturated carbocycles. The Labute approximate surface area is 152 Å². The van der Waals surface area contributed by atoms with Crippen molar-refractivity contribution in [1.82, 2.24) is 0 Å². The molecule has 10 atom stereocenters. The number of allylic oxidation sites excluding steroid dienone is 1. The maximum Gasteiger partial charge on any atom is 0.126 e. The molecular weight excluding hydrogens is 308 g/mol. The van der Waals surface area contributed by atoms with Gasteiger partial charge in [-0.15, -0.1) is 0 Å². The number of fused-ring (bicyclic) bond motifs is 6. The number of aldehydes is 1. The summed E-state index contributed by atoms with van der Waals surface area (Å²) in [5.74, 6) is 4.08. The van der Waals surface area contributed by atoms with Gasteiger partial charge in [-0.25, -0.2) is 0 Å². The Morgan fingerprint density at radius 2 is 1.92 bits per heavy atom. The van der Waals surface area contributed by atoms with Crippen LogP contribution in [-0.4, -0.2) is 17.0 Å². The van der Waals surface area contributed by atoms with Crippen LogP contribution in [0.3, 0.4) is 0 Å². The van der Waals surface area contributed by atoms with E-state index in [0.29, 0.717) is 41.4 Å². The molecule has 5 aliphatic rings. The minimum Gasteiger partial charge on any atom is -0.389 e. The zero-order valence-corrected chi connectivity index (χ0v) is 16.1. The van der Waals surface area contributed by atoms with Crippen molar-refractivity contribution < 1.29 is 9.90 Å². The van der Waals surface area contributed by atoms with Crippen LogP contribution in [0.25, 0.3) is 0 Å². The van der Waals surface area contributed by atoms with E-state index in [4.69, 9.17) is 0 Å². The van der Waals surface area contributed by atoms with Crippen molar-refractivity contribution in [1.29, 1.82) is 0 Å². The Hall–Kier alpha value is -0.630. The summed E-state index contributed by atoms with van der Waals surface area (Å²) in [7, 11) is 0. The van der Waals surface area contributed by atoms with Crippen LogP contribution in [0.1, 0.15) is 65.7 Å². The van der Waals surface area contributed by atoms with E-state index in [1.54, 1.807) is 0 Å². The van der Waals surface area contributed by atoms with Crippen molar-refractivity contribution in [2.24, 2.45) is 52.3 Å². The maximum atomic E-state index is 12.1. The largest absolute Gasteiger partial charge is 0.389 e. The number of rotatable bonds is 2. The predicted molar refractivity (Wildman–Crippen MR) is 98.8 cm³/mol. The van der Waals surface area contributed by atoms with Crippen LogP contribution in [0, 0.1) is 52.3 Å². The second-order valence-electron chi connectivity index (χ2n) is 11.0. The van der Waals surface area contributed by atoms with Gasteiger partial charge in [-0.05, 0) is 91.8 Å². The number of aliphatic hydroxyl groups is 1. The SMILES string of the molecule is C=C1CC1C1C2C3CC3C3(O)CC(C)CCC3(C)C2CCC1(C)C=O. The molecule has 5 rings (SSSR count). The van der Waals surface area contributed by atoms with Gasteiger partial charge in [0.2, 0.25) is 0 Å². The summed E-state index contributed by atoms with van der Waals surface area (Å²) >= 11 is 0. The fraction of sp³-hybridized carbons (Fsp3) is 0.870. The lowest BCUT2D eigenvalue weighted by Crippen LogP contribution is -2.64. The van der Waals surface area contributed by atoms with E-state index in [1.807, 2.05) is 0 Å². The smallest absolute Gasteiger partial charge is 0.126 e. The van der Waals surface area contributed by atoms with Gasteiger partial charge in [0, 0.05) is 5.41 Å². The first kappa shape index (κ1) is 16.5. The second-order valence-corrected chi connectivity index (χ2v) is 11.0. The molecule has 0 radical (unpaired) electrons. The summed E-state index contributed by atoms with van der Waals surface area (Å²) in [6, 6.07) is 0. The van der Waals surface area contributed by atoms with Crippen LogP contribution < -0.4 is 0 Å². The van der Waals surface area contributed by atoms with Gasteiger partial charge in [0.15, 0.2) is 0 Å². The Morgan fingerprint density at radius 3 is 2.56 bits per heavy atom. The van der Waals surface area contributed by atoms with Crippen LogP contribution in [0.4, 0.5) is 0 Å². The normalized spacial score (nSPS) is 62.4. The molecule has 2 nitrogen and oxygen atoms in total. The Balaban J connectivity index is 1.58. The van der Waals surface area contributed by atoms with Gasteiger partial charge in [0.1, 0.15) is 6.29 Å². The molecule has 0 aromatic rings. The van der Waals surface area contributed by atoms with Crippen molar-refractivity contribution in [3.8, 4) is 0 Å². The number of carbonyl (C=O) groups excluding carboxylic acids is 1. The molecule has 0 saturated heterocycles. The van der Waals surface area contributed by atoms with Gasteiger partial charge < -0.3 is 9.90 Å². The molecule has 5 fully saturated rings. The average molecular weight is 343 g/mol. The summed E-state index contributed by atoms with van der Waals surface area (Å²) in [4.78, 5) is 12.1. The van der Waals surface area contributed by atoms with E-state index in [-0.39, 0.29) is 10.8 Å². The molecule has 0 bridgehead atoms. The van der Waals surface area contributed by atoms with Crippen molar-refractivity contribution in [3.63, 3.8) is 0 Å². The summed E-state index contributed by atoms with van der Waals surface area (Å²) in [6.07, 6.45) is 9.17. The van der Waals surface area contributed by atoms with Gasteiger partial charge in [0.05, 0.1) is 5.60 Å². The Morgan fingerprint density at radius 1 is 1.20 bits per heavy atom. The van der Waals surface area contributed by atoms with Gasteiger partial charge in [-0.1, -0.05) is 32.9 Å². The van der Waals surface area contributed by atoms with Crippen molar-refractivity contribution >= 4 is 6.29 Å². The molecule has 138 valence electrons. The van der Waals surface area contributed by atoms with Crippen molar-refractivity contribution in [3.05, 3.63) is 12.2 Å². The molecular formula is C23H34O2. The summed E-state index contributed by atoms with van der Waals surface area (Å²) in [6.45, 7) is 11.2. The quantitative estimate of drug-likeness (QED) is 0.587. The van der Waals surface area contributed by atoms with E-state index in [2.05, 4.69) is 27.4 Å².